The van der Waals surface area contributed by atoms with Gasteiger partial charge < -0.3 is 0 Å². The van der Waals surface area contributed by atoms with Crippen molar-refractivity contribution < 1.29 is 0 Å². The predicted molar refractivity (Wildman–Crippen MR) is 40.3 cm³/mol. The summed E-state index contributed by atoms with van der Waals surface area (Å²) in [6, 6.07) is 0. The molecule has 1 rings (SSSR count). The molecule has 0 aromatic heterocycles. The van der Waals surface area contributed by atoms with Crippen molar-refractivity contribution >= 4 is 20.4 Å². The van der Waals surface area contributed by atoms with Crippen LogP contribution in [-0.2, 0) is 0 Å². The molecule has 1 aliphatic rings. The molecule has 0 aromatic carbocycles. The quantitative estimate of drug-likeness (QED) is 0.353. The summed E-state index contributed by atoms with van der Waals surface area (Å²) in [7, 11) is 0. The zero-order valence-corrected chi connectivity index (χ0v) is 6.44. The van der Waals surface area contributed by atoms with Crippen LogP contribution in [0, 0.1) is 0 Å². The Labute approximate surface area is 51.9 Å². The van der Waals surface area contributed by atoms with Crippen LogP contribution in [0.3, 0.4) is 0 Å². The summed E-state index contributed by atoms with van der Waals surface area (Å²) < 4.78 is 10.3. The van der Waals surface area contributed by atoms with E-state index in [9.17, 15) is 0 Å². The van der Waals surface area contributed by atoms with Crippen molar-refractivity contribution in [3.8, 4) is 0 Å². The van der Waals surface area contributed by atoms with Gasteiger partial charge in [-0.15, -0.1) is 0 Å². The third kappa shape index (κ3) is 1.92. The summed E-state index contributed by atoms with van der Waals surface area (Å²) in [6.07, 6.45) is 2.71. The fourth-order valence-corrected chi connectivity index (χ4v) is 3.44. The van der Waals surface area contributed by atoms with Crippen molar-refractivity contribution in [1.82, 2.24) is 3.53 Å². The molecule has 0 unspecified atom stereocenters. The Hall–Kier alpha value is 0.650. The molecule has 0 amide bonds. The molecule has 0 spiro atoms. The zero-order chi connectivity index (χ0) is 5.11. The third-order valence-electron chi connectivity index (χ3n) is 1.03. The fourth-order valence-electron chi connectivity index (χ4n) is 0.618. The minimum atomic E-state index is -0.989. The van der Waals surface area contributed by atoms with Crippen LogP contribution in [0.1, 0.15) is 12.8 Å². The molecular formula is C4H11IN2. The number of nitrogens with two attached hydrogens (primary N) is 1. The summed E-state index contributed by atoms with van der Waals surface area (Å²) in [5.74, 6) is 0. The van der Waals surface area contributed by atoms with Crippen LogP contribution in [-0.4, -0.2) is 11.0 Å². The minimum absolute atomic E-state index is 0.989. The van der Waals surface area contributed by atoms with Crippen molar-refractivity contribution in [2.45, 2.75) is 12.8 Å². The molecule has 44 valence electrons. The molecular weight excluding hydrogens is 203 g/mol. The molecule has 0 radical (unpaired) electrons. The number of rotatable bonds is 0. The zero-order valence-electron chi connectivity index (χ0n) is 4.28. The summed E-state index contributed by atoms with van der Waals surface area (Å²) >= 11 is -0.989. The SMILES string of the molecule is NI1CCCCN1. The monoisotopic (exact) mass is 214 g/mol. The molecule has 7 heavy (non-hydrogen) atoms. The maximum absolute atomic E-state index is 5.68. The van der Waals surface area contributed by atoms with E-state index in [-0.39, 0.29) is 0 Å². The first-order valence-electron chi connectivity index (χ1n) is 2.53. The number of alkyl halides is 1. The van der Waals surface area contributed by atoms with E-state index >= 15 is 0 Å². The van der Waals surface area contributed by atoms with Gasteiger partial charge in [0.05, 0.1) is 0 Å². The Kier molecular flexibility index (Phi) is 2.34. The Morgan fingerprint density at radius 2 is 2.29 bits per heavy atom. The Balaban J connectivity index is 2.12. The van der Waals surface area contributed by atoms with E-state index in [4.69, 9.17) is 3.95 Å². The summed E-state index contributed by atoms with van der Waals surface area (Å²) in [5.41, 5.74) is 0. The van der Waals surface area contributed by atoms with Crippen LogP contribution >= 0.6 is 20.4 Å². The van der Waals surface area contributed by atoms with Crippen molar-refractivity contribution in [3.63, 3.8) is 0 Å². The average molecular weight is 214 g/mol. The molecule has 0 bridgehead atoms. The molecule has 3 N–H and O–H groups in total. The molecule has 0 saturated carbocycles. The van der Waals surface area contributed by atoms with Gasteiger partial charge in [-0.05, 0) is 0 Å². The molecule has 1 heterocycles. The predicted octanol–water partition coefficient (Wildman–Crippen LogP) is 0.665. The summed E-state index contributed by atoms with van der Waals surface area (Å²) in [5, 5.41) is 0. The molecule has 1 fully saturated rings. The third-order valence-corrected chi connectivity index (χ3v) is 4.47. The van der Waals surface area contributed by atoms with Crippen LogP contribution < -0.4 is 7.48 Å². The number of hydrogen-bond acceptors (Lipinski definition) is 2. The number of nitrogens with one attached hydrogen (secondary N) is 1. The van der Waals surface area contributed by atoms with E-state index in [2.05, 4.69) is 3.53 Å². The molecule has 0 aliphatic carbocycles. The van der Waals surface area contributed by atoms with Crippen LogP contribution in [0.15, 0.2) is 0 Å². The van der Waals surface area contributed by atoms with Crippen LogP contribution in [0.2, 0.25) is 0 Å². The second kappa shape index (κ2) is 2.84. The van der Waals surface area contributed by atoms with Crippen LogP contribution in [0.5, 0.6) is 0 Å². The molecule has 0 aromatic rings. The van der Waals surface area contributed by atoms with E-state index < -0.39 is 20.4 Å². The normalized spacial score (nSPS) is 27.9. The molecule has 3 heteroatoms. The molecule has 2 nitrogen and oxygen atoms in total. The first-order valence-corrected chi connectivity index (χ1v) is 6.38. The van der Waals surface area contributed by atoms with Gasteiger partial charge in [0.1, 0.15) is 0 Å². The van der Waals surface area contributed by atoms with Gasteiger partial charge in [-0.2, -0.15) is 0 Å². The van der Waals surface area contributed by atoms with Crippen LogP contribution in [0.4, 0.5) is 0 Å². The van der Waals surface area contributed by atoms with Crippen molar-refractivity contribution in [2.75, 3.05) is 11.0 Å². The van der Waals surface area contributed by atoms with Gasteiger partial charge in [0, 0.05) is 0 Å². The Morgan fingerprint density at radius 1 is 1.43 bits per heavy atom. The van der Waals surface area contributed by atoms with Gasteiger partial charge in [-0.1, -0.05) is 0 Å². The van der Waals surface area contributed by atoms with Crippen molar-refractivity contribution in [3.05, 3.63) is 0 Å². The second-order valence-corrected chi connectivity index (χ2v) is 5.78. The Bertz CT molecular complexity index is 51.7. The average Bonchev–Trinajstić information content (AvgIpc) is 1.69. The van der Waals surface area contributed by atoms with Gasteiger partial charge in [-0.25, -0.2) is 0 Å². The van der Waals surface area contributed by atoms with Gasteiger partial charge in [-0.3, -0.25) is 0 Å². The van der Waals surface area contributed by atoms with Crippen molar-refractivity contribution in [2.24, 2.45) is 3.95 Å². The van der Waals surface area contributed by atoms with E-state index in [0.29, 0.717) is 0 Å². The summed E-state index contributed by atoms with van der Waals surface area (Å²) in [6.45, 7) is 1.18. The molecule has 0 atom stereocenters. The van der Waals surface area contributed by atoms with Gasteiger partial charge in [0.25, 0.3) is 0 Å². The standard InChI is InChI=1S/C4H11IN2/c6-5-3-1-2-4-7-5/h7H,1-4,6H2. The maximum atomic E-state index is 5.68. The van der Waals surface area contributed by atoms with Crippen molar-refractivity contribution in [1.29, 1.82) is 0 Å². The second-order valence-electron chi connectivity index (χ2n) is 1.68. The first-order chi connectivity index (χ1) is 3.39. The number of hydrogen-bond donors (Lipinski definition) is 2. The summed E-state index contributed by atoms with van der Waals surface area (Å²) in [4.78, 5) is 0. The Morgan fingerprint density at radius 3 is 2.57 bits per heavy atom. The topological polar surface area (TPSA) is 38.0 Å². The first kappa shape index (κ1) is 5.78. The van der Waals surface area contributed by atoms with Gasteiger partial charge >= 0.3 is 51.7 Å². The van der Waals surface area contributed by atoms with E-state index in [1.807, 2.05) is 0 Å². The molecule has 1 saturated heterocycles. The molecule has 1 aliphatic heterocycles. The van der Waals surface area contributed by atoms with E-state index in [1.165, 1.54) is 23.8 Å². The van der Waals surface area contributed by atoms with Gasteiger partial charge in [0.2, 0.25) is 0 Å². The van der Waals surface area contributed by atoms with Crippen LogP contribution in [0.25, 0.3) is 0 Å². The van der Waals surface area contributed by atoms with Gasteiger partial charge in [0.15, 0.2) is 0 Å². The number of halogens is 1. The van der Waals surface area contributed by atoms with E-state index in [1.54, 1.807) is 0 Å². The van der Waals surface area contributed by atoms with E-state index in [0.717, 1.165) is 0 Å². The fraction of sp³-hybridized carbons (Fsp3) is 1.00.